The van der Waals surface area contributed by atoms with E-state index < -0.39 is 0 Å². The van der Waals surface area contributed by atoms with Crippen LogP contribution in [0.25, 0.3) is 8.96 Å². The predicted octanol–water partition coefficient (Wildman–Crippen LogP) is 5.40. The Bertz CT molecular complexity index is 536. The molecule has 0 aliphatic heterocycles. The highest BCUT2D eigenvalue weighted by molar-refractivity contribution is 9.18. The standard InChI is InChI=1S/C16H12Br2/c17-15-13-7-3-11(4-8-13)1-2-12-5-9-14(10-6-12)16(15)18/h3-10H,1-2H2/b16-15-. The van der Waals surface area contributed by atoms with Gasteiger partial charge in [-0.15, -0.1) is 0 Å². The molecule has 0 aromatic heterocycles. The van der Waals surface area contributed by atoms with Gasteiger partial charge in [0.25, 0.3) is 0 Å². The largest absolute Gasteiger partial charge is 0.0584 e. The van der Waals surface area contributed by atoms with E-state index in [4.69, 9.17) is 0 Å². The van der Waals surface area contributed by atoms with Crippen LogP contribution in [0.2, 0.25) is 0 Å². The zero-order chi connectivity index (χ0) is 12.5. The molecule has 2 aromatic rings. The van der Waals surface area contributed by atoms with Gasteiger partial charge in [-0.1, -0.05) is 48.5 Å². The van der Waals surface area contributed by atoms with Crippen LogP contribution >= 0.6 is 31.9 Å². The van der Waals surface area contributed by atoms with E-state index in [1.807, 2.05) is 0 Å². The highest BCUT2D eigenvalue weighted by atomic mass is 79.9. The molecule has 0 heterocycles. The van der Waals surface area contributed by atoms with Crippen LogP contribution in [0.5, 0.6) is 0 Å². The average molecular weight is 364 g/mol. The lowest BCUT2D eigenvalue weighted by Crippen LogP contribution is -1.94. The average Bonchev–Trinajstić information content (AvgIpc) is 2.43. The Labute approximate surface area is 124 Å². The van der Waals surface area contributed by atoms with Crippen LogP contribution in [0.15, 0.2) is 48.5 Å². The van der Waals surface area contributed by atoms with E-state index >= 15 is 0 Å². The van der Waals surface area contributed by atoms with Crippen molar-refractivity contribution in [2.75, 3.05) is 0 Å². The fourth-order valence-corrected chi connectivity index (χ4v) is 3.16. The van der Waals surface area contributed by atoms with E-state index in [-0.39, 0.29) is 0 Å². The molecule has 2 heteroatoms. The van der Waals surface area contributed by atoms with Gasteiger partial charge in [-0.05, 0) is 67.0 Å². The summed E-state index contributed by atoms with van der Waals surface area (Å²) < 4.78 is 2.20. The second-order valence-electron chi connectivity index (χ2n) is 4.52. The molecule has 18 heavy (non-hydrogen) atoms. The van der Waals surface area contributed by atoms with Gasteiger partial charge in [0.05, 0.1) is 0 Å². The Morgan fingerprint density at radius 2 is 0.889 bits per heavy atom. The van der Waals surface area contributed by atoms with Crippen molar-refractivity contribution < 1.29 is 0 Å². The Morgan fingerprint density at radius 1 is 0.556 bits per heavy atom. The summed E-state index contributed by atoms with van der Waals surface area (Å²) in [4.78, 5) is 0. The van der Waals surface area contributed by atoms with Crippen LogP contribution in [0.1, 0.15) is 22.3 Å². The van der Waals surface area contributed by atoms with Crippen molar-refractivity contribution in [3.63, 3.8) is 0 Å². The third-order valence-corrected chi connectivity index (χ3v) is 5.55. The Hall–Kier alpha value is -0.860. The van der Waals surface area contributed by atoms with Crippen molar-refractivity contribution in [3.05, 3.63) is 70.8 Å². The van der Waals surface area contributed by atoms with Crippen LogP contribution in [0, 0.1) is 0 Å². The van der Waals surface area contributed by atoms with Crippen LogP contribution in [0.3, 0.4) is 0 Å². The van der Waals surface area contributed by atoms with Gasteiger partial charge in [0, 0.05) is 8.96 Å². The second kappa shape index (κ2) is 5.02. The Kier molecular flexibility index (Phi) is 3.40. The molecule has 0 atom stereocenters. The van der Waals surface area contributed by atoms with E-state index in [0.29, 0.717) is 0 Å². The van der Waals surface area contributed by atoms with Gasteiger partial charge in [-0.25, -0.2) is 0 Å². The number of rotatable bonds is 0. The van der Waals surface area contributed by atoms with Gasteiger partial charge >= 0.3 is 0 Å². The Balaban J connectivity index is 2.22. The predicted molar refractivity (Wildman–Crippen MR) is 85.0 cm³/mol. The molecule has 0 radical (unpaired) electrons. The molecule has 0 saturated heterocycles. The molecule has 0 amide bonds. The zero-order valence-electron chi connectivity index (χ0n) is 9.79. The van der Waals surface area contributed by atoms with E-state index in [0.717, 1.165) is 21.8 Å². The van der Waals surface area contributed by atoms with Crippen molar-refractivity contribution >= 4 is 40.8 Å². The van der Waals surface area contributed by atoms with E-state index in [9.17, 15) is 0 Å². The lowest BCUT2D eigenvalue weighted by molar-refractivity contribution is 0.959. The number of halogens is 2. The van der Waals surface area contributed by atoms with Crippen molar-refractivity contribution in [1.82, 2.24) is 0 Å². The quantitative estimate of drug-likeness (QED) is 0.587. The summed E-state index contributed by atoms with van der Waals surface area (Å²) in [5, 5.41) is 0. The molecule has 0 N–H and O–H groups in total. The van der Waals surface area contributed by atoms with E-state index in [1.165, 1.54) is 22.3 Å². The van der Waals surface area contributed by atoms with Crippen LogP contribution in [-0.2, 0) is 12.8 Å². The van der Waals surface area contributed by atoms with E-state index in [2.05, 4.69) is 80.4 Å². The number of benzene rings is 2. The summed E-state index contributed by atoms with van der Waals surface area (Å²) in [7, 11) is 0. The van der Waals surface area contributed by atoms with Gasteiger partial charge in [0.1, 0.15) is 0 Å². The molecule has 4 aliphatic carbocycles. The summed E-state index contributed by atoms with van der Waals surface area (Å²) in [6.45, 7) is 0. The first kappa shape index (κ1) is 12.2. The third kappa shape index (κ3) is 2.32. The molecule has 0 spiro atoms. The lowest BCUT2D eigenvalue weighted by Gasteiger charge is -2.10. The molecule has 90 valence electrons. The SMILES string of the molecule is Br/C1=C(\Br)c2ccc(cc2)CCc2ccc1cc2. The fourth-order valence-electron chi connectivity index (χ4n) is 2.18. The molecule has 0 unspecified atom stereocenters. The minimum Gasteiger partial charge on any atom is -0.0584 e. The highest BCUT2D eigenvalue weighted by Gasteiger charge is 2.08. The molecular formula is C16H12Br2. The minimum absolute atomic E-state index is 1.10. The number of hydrogen-bond donors (Lipinski definition) is 0. The van der Waals surface area contributed by atoms with Crippen LogP contribution < -0.4 is 0 Å². The van der Waals surface area contributed by atoms with Crippen molar-refractivity contribution in [2.24, 2.45) is 0 Å². The molecule has 6 rings (SSSR count). The number of hydrogen-bond acceptors (Lipinski definition) is 0. The summed E-state index contributed by atoms with van der Waals surface area (Å²) in [5.74, 6) is 0. The second-order valence-corrected chi connectivity index (χ2v) is 6.11. The van der Waals surface area contributed by atoms with Gasteiger partial charge in [-0.2, -0.15) is 0 Å². The fraction of sp³-hybridized carbons (Fsp3) is 0.125. The maximum atomic E-state index is 3.68. The third-order valence-electron chi connectivity index (χ3n) is 3.31. The summed E-state index contributed by atoms with van der Waals surface area (Å²) >= 11 is 7.36. The summed E-state index contributed by atoms with van der Waals surface area (Å²) in [5.41, 5.74) is 5.19. The number of aryl methyl sites for hydroxylation is 2. The molecule has 4 bridgehead atoms. The normalized spacial score (nSPS) is 18.6. The molecular weight excluding hydrogens is 352 g/mol. The van der Waals surface area contributed by atoms with Crippen LogP contribution in [0.4, 0.5) is 0 Å². The molecule has 4 aliphatic rings. The van der Waals surface area contributed by atoms with Crippen molar-refractivity contribution in [1.29, 1.82) is 0 Å². The first-order chi connectivity index (χ1) is 8.74. The van der Waals surface area contributed by atoms with Crippen molar-refractivity contribution in [2.45, 2.75) is 12.8 Å². The monoisotopic (exact) mass is 362 g/mol. The van der Waals surface area contributed by atoms with Crippen molar-refractivity contribution in [3.8, 4) is 0 Å². The first-order valence-corrected chi connectivity index (χ1v) is 7.56. The molecule has 0 saturated carbocycles. The Morgan fingerprint density at radius 3 is 1.22 bits per heavy atom. The topological polar surface area (TPSA) is 0 Å². The van der Waals surface area contributed by atoms with Crippen LogP contribution in [-0.4, -0.2) is 0 Å². The lowest BCUT2D eigenvalue weighted by atomic mass is 10.00. The summed E-state index contributed by atoms with van der Waals surface area (Å²) in [6.07, 6.45) is 2.20. The summed E-state index contributed by atoms with van der Waals surface area (Å²) in [6, 6.07) is 17.6. The first-order valence-electron chi connectivity index (χ1n) is 5.98. The van der Waals surface area contributed by atoms with Gasteiger partial charge < -0.3 is 0 Å². The smallest absolute Gasteiger partial charge is 0.0395 e. The highest BCUT2D eigenvalue weighted by Crippen LogP contribution is 2.36. The van der Waals surface area contributed by atoms with Gasteiger partial charge in [-0.3, -0.25) is 0 Å². The zero-order valence-corrected chi connectivity index (χ0v) is 13.0. The maximum absolute atomic E-state index is 3.68. The van der Waals surface area contributed by atoms with Gasteiger partial charge in [0.15, 0.2) is 0 Å². The maximum Gasteiger partial charge on any atom is 0.0395 e. The minimum atomic E-state index is 1.10. The molecule has 2 aromatic carbocycles. The molecule has 0 nitrogen and oxygen atoms in total. The molecule has 0 fully saturated rings. The van der Waals surface area contributed by atoms with Gasteiger partial charge in [0.2, 0.25) is 0 Å². The van der Waals surface area contributed by atoms with E-state index in [1.54, 1.807) is 0 Å².